The van der Waals surface area contributed by atoms with Gasteiger partial charge in [0, 0.05) is 31.7 Å². The molecule has 0 amide bonds. The van der Waals surface area contributed by atoms with E-state index in [1.807, 2.05) is 18.2 Å². The molecule has 214 valence electrons. The maximum absolute atomic E-state index is 15.4. The van der Waals surface area contributed by atoms with E-state index in [1.54, 1.807) is 35.9 Å². The van der Waals surface area contributed by atoms with E-state index in [0.717, 1.165) is 28.8 Å². The van der Waals surface area contributed by atoms with E-state index in [-0.39, 0.29) is 35.4 Å². The number of carboxylic acids is 1. The standard InChI is InChI=1S/C32H27F2N3O5/c1-40-11-10-37-29-13-19(32(38)39)8-9-28(29)35-30(37)14-22-12-26(34)23(15-25(22)33)27-6-3-7-31(36-27)42-17-21-5-2-4-20-16-41-18-24(20)21/h2-9,12-13,15H,10-11,14,16-18H2,1H3,(H,38,39). The molecule has 10 heteroatoms. The maximum atomic E-state index is 15.4. The largest absolute Gasteiger partial charge is 0.478 e. The molecule has 1 aliphatic rings. The van der Waals surface area contributed by atoms with Gasteiger partial charge in [0.25, 0.3) is 0 Å². The van der Waals surface area contributed by atoms with Crippen molar-refractivity contribution < 1.29 is 32.9 Å². The average molecular weight is 572 g/mol. The number of rotatable bonds is 10. The van der Waals surface area contributed by atoms with Gasteiger partial charge in [-0.05, 0) is 58.7 Å². The Kier molecular flexibility index (Phi) is 7.64. The predicted octanol–water partition coefficient (Wildman–Crippen LogP) is 5.92. The van der Waals surface area contributed by atoms with E-state index in [2.05, 4.69) is 9.97 Å². The third kappa shape index (κ3) is 5.46. The summed E-state index contributed by atoms with van der Waals surface area (Å²) in [6.45, 7) is 2.08. The summed E-state index contributed by atoms with van der Waals surface area (Å²) in [5, 5.41) is 9.41. The van der Waals surface area contributed by atoms with Crippen LogP contribution in [0, 0.1) is 11.6 Å². The quantitative estimate of drug-likeness (QED) is 0.222. The highest BCUT2D eigenvalue weighted by Gasteiger charge is 2.19. The Balaban J connectivity index is 1.26. The molecule has 42 heavy (non-hydrogen) atoms. The van der Waals surface area contributed by atoms with Gasteiger partial charge in [0.15, 0.2) is 0 Å². The fraction of sp³-hybridized carbons (Fsp3) is 0.219. The van der Waals surface area contributed by atoms with Gasteiger partial charge in [-0.15, -0.1) is 0 Å². The number of hydrogen-bond acceptors (Lipinski definition) is 6. The average Bonchev–Trinajstić information content (AvgIpc) is 3.61. The molecule has 3 aromatic carbocycles. The van der Waals surface area contributed by atoms with Crippen molar-refractivity contribution in [3.63, 3.8) is 0 Å². The van der Waals surface area contributed by atoms with Crippen LogP contribution in [0.5, 0.6) is 5.88 Å². The van der Waals surface area contributed by atoms with Crippen LogP contribution in [0.25, 0.3) is 22.3 Å². The number of benzene rings is 3. The minimum atomic E-state index is -1.07. The molecule has 3 heterocycles. The van der Waals surface area contributed by atoms with Crippen molar-refractivity contribution in [1.82, 2.24) is 14.5 Å². The molecule has 2 aromatic heterocycles. The van der Waals surface area contributed by atoms with Crippen LogP contribution in [-0.2, 0) is 42.3 Å². The van der Waals surface area contributed by atoms with Crippen LogP contribution in [0.2, 0.25) is 0 Å². The number of fused-ring (bicyclic) bond motifs is 2. The lowest BCUT2D eigenvalue weighted by Gasteiger charge is -2.12. The molecule has 0 aliphatic carbocycles. The van der Waals surface area contributed by atoms with E-state index < -0.39 is 17.6 Å². The lowest BCUT2D eigenvalue weighted by Crippen LogP contribution is -2.10. The maximum Gasteiger partial charge on any atom is 0.335 e. The molecule has 0 unspecified atom stereocenters. The summed E-state index contributed by atoms with van der Waals surface area (Å²) in [4.78, 5) is 20.5. The summed E-state index contributed by atoms with van der Waals surface area (Å²) >= 11 is 0. The Bertz CT molecular complexity index is 1800. The van der Waals surface area contributed by atoms with Crippen LogP contribution in [-0.4, -0.2) is 39.3 Å². The number of carboxylic acid groups (broad SMARTS) is 1. The SMILES string of the molecule is COCCn1c(Cc2cc(F)c(-c3cccc(OCc4cccc5c4COC5)n3)cc2F)nc2ccc(C(=O)O)cc21. The topological polar surface area (TPSA) is 95.7 Å². The molecule has 0 fully saturated rings. The van der Waals surface area contributed by atoms with Crippen LogP contribution >= 0.6 is 0 Å². The molecule has 0 saturated heterocycles. The number of nitrogens with zero attached hydrogens (tertiary/aromatic N) is 3. The third-order valence-electron chi connectivity index (χ3n) is 7.33. The Morgan fingerprint density at radius 2 is 1.86 bits per heavy atom. The summed E-state index contributed by atoms with van der Waals surface area (Å²) in [5.41, 5.74) is 4.83. The van der Waals surface area contributed by atoms with Gasteiger partial charge in [-0.3, -0.25) is 0 Å². The van der Waals surface area contributed by atoms with Crippen molar-refractivity contribution in [2.75, 3.05) is 13.7 Å². The number of aromatic nitrogens is 3. The molecule has 8 nitrogen and oxygen atoms in total. The molecular weight excluding hydrogens is 544 g/mol. The summed E-state index contributed by atoms with van der Waals surface area (Å²) in [5.74, 6) is -1.57. The van der Waals surface area contributed by atoms with Gasteiger partial charge in [0.05, 0.1) is 42.1 Å². The molecule has 6 rings (SSSR count). The van der Waals surface area contributed by atoms with Crippen LogP contribution in [0.15, 0.2) is 66.7 Å². The van der Waals surface area contributed by atoms with Crippen molar-refractivity contribution in [3.05, 3.63) is 112 Å². The normalized spacial score (nSPS) is 12.5. The lowest BCUT2D eigenvalue weighted by molar-refractivity contribution is 0.0697. The second-order valence-corrected chi connectivity index (χ2v) is 9.98. The monoisotopic (exact) mass is 571 g/mol. The lowest BCUT2D eigenvalue weighted by atomic mass is 10.0. The fourth-order valence-corrected chi connectivity index (χ4v) is 5.17. The number of ether oxygens (including phenoxy) is 3. The van der Waals surface area contributed by atoms with Crippen molar-refractivity contribution >= 4 is 17.0 Å². The van der Waals surface area contributed by atoms with Gasteiger partial charge >= 0.3 is 5.97 Å². The highest BCUT2D eigenvalue weighted by Crippen LogP contribution is 2.29. The molecular formula is C32H27F2N3O5. The van der Waals surface area contributed by atoms with E-state index in [1.165, 1.54) is 12.1 Å². The number of carbonyl (C=O) groups is 1. The smallest absolute Gasteiger partial charge is 0.335 e. The van der Waals surface area contributed by atoms with Gasteiger partial charge < -0.3 is 23.9 Å². The molecule has 0 spiro atoms. The second kappa shape index (κ2) is 11.7. The summed E-state index contributed by atoms with van der Waals surface area (Å²) in [7, 11) is 1.55. The Morgan fingerprint density at radius 1 is 1.00 bits per heavy atom. The summed E-state index contributed by atoms with van der Waals surface area (Å²) < 4.78 is 49.3. The first-order chi connectivity index (χ1) is 20.4. The molecule has 0 radical (unpaired) electrons. The summed E-state index contributed by atoms with van der Waals surface area (Å²) in [6.07, 6.45) is -0.00841. The van der Waals surface area contributed by atoms with Gasteiger partial charge in [-0.2, -0.15) is 0 Å². The highest BCUT2D eigenvalue weighted by molar-refractivity contribution is 5.92. The van der Waals surface area contributed by atoms with E-state index in [9.17, 15) is 9.90 Å². The number of aromatic carboxylic acids is 1. The fourth-order valence-electron chi connectivity index (χ4n) is 5.17. The number of halogens is 2. The predicted molar refractivity (Wildman–Crippen MR) is 150 cm³/mol. The van der Waals surface area contributed by atoms with Gasteiger partial charge in [-0.1, -0.05) is 24.3 Å². The number of hydrogen-bond donors (Lipinski definition) is 1. The molecule has 0 atom stereocenters. The van der Waals surface area contributed by atoms with Crippen LogP contribution in [0.1, 0.15) is 38.4 Å². The van der Waals surface area contributed by atoms with Crippen molar-refractivity contribution in [3.8, 4) is 17.1 Å². The van der Waals surface area contributed by atoms with E-state index in [4.69, 9.17) is 14.2 Å². The molecule has 5 aromatic rings. The first-order valence-corrected chi connectivity index (χ1v) is 13.4. The van der Waals surface area contributed by atoms with Gasteiger partial charge in [0.1, 0.15) is 24.1 Å². The van der Waals surface area contributed by atoms with E-state index >= 15 is 8.78 Å². The van der Waals surface area contributed by atoms with Gasteiger partial charge in [-0.25, -0.2) is 23.5 Å². The van der Waals surface area contributed by atoms with Crippen LogP contribution in [0.3, 0.4) is 0 Å². The Morgan fingerprint density at radius 3 is 2.69 bits per heavy atom. The minimum absolute atomic E-state index is 0.00841. The van der Waals surface area contributed by atoms with Gasteiger partial charge in [0.2, 0.25) is 5.88 Å². The number of methoxy groups -OCH3 is 1. The molecule has 1 aliphatic heterocycles. The van der Waals surface area contributed by atoms with Crippen molar-refractivity contribution in [2.24, 2.45) is 0 Å². The van der Waals surface area contributed by atoms with Crippen molar-refractivity contribution in [1.29, 1.82) is 0 Å². The molecule has 0 bridgehead atoms. The molecule has 1 N–H and O–H groups in total. The zero-order valence-electron chi connectivity index (χ0n) is 22.8. The third-order valence-corrected chi connectivity index (χ3v) is 7.33. The first-order valence-electron chi connectivity index (χ1n) is 13.4. The van der Waals surface area contributed by atoms with E-state index in [0.29, 0.717) is 49.1 Å². The zero-order valence-corrected chi connectivity index (χ0v) is 22.8. The number of pyridine rings is 1. The minimum Gasteiger partial charge on any atom is -0.478 e. The highest BCUT2D eigenvalue weighted by atomic mass is 19.1. The Hall–Kier alpha value is -4.67. The van der Waals surface area contributed by atoms with Crippen molar-refractivity contribution in [2.45, 2.75) is 32.8 Å². The second-order valence-electron chi connectivity index (χ2n) is 9.98. The van der Waals surface area contributed by atoms with Crippen LogP contribution < -0.4 is 4.74 Å². The van der Waals surface area contributed by atoms with Crippen LogP contribution in [0.4, 0.5) is 8.78 Å². The molecule has 0 saturated carbocycles. The Labute approximate surface area is 240 Å². The first kappa shape index (κ1) is 27.5. The zero-order chi connectivity index (χ0) is 29.2. The summed E-state index contributed by atoms with van der Waals surface area (Å²) in [6, 6.07) is 17.8. The number of imidazole rings is 1.